The number of nitrogens with one attached hydrogen (secondary N) is 1. The molecule has 0 spiro atoms. The van der Waals surface area contributed by atoms with E-state index in [-0.39, 0.29) is 5.88 Å². The molecule has 3 rings (SSSR count). The molecule has 0 atom stereocenters. The molecule has 0 aliphatic rings. The molecule has 0 aliphatic heterocycles. The molecule has 22 heavy (non-hydrogen) atoms. The number of nitrogens with two attached hydrogens (primary N) is 1. The maximum absolute atomic E-state index is 11.9. The Morgan fingerprint density at radius 2 is 1.91 bits per heavy atom. The number of fused-ring (bicyclic) bond motifs is 1. The fourth-order valence-corrected chi connectivity index (χ4v) is 2.43. The monoisotopic (exact) mass is 316 g/mol. The van der Waals surface area contributed by atoms with E-state index in [2.05, 4.69) is 5.32 Å². The van der Waals surface area contributed by atoms with Crippen molar-refractivity contribution >= 4 is 39.6 Å². The minimum Gasteiger partial charge on any atom is -0.495 e. The number of hydrogen-bond acceptors (Lipinski definition) is 5. The summed E-state index contributed by atoms with van der Waals surface area (Å²) in [6.45, 7) is 0. The summed E-state index contributed by atoms with van der Waals surface area (Å²) in [7, 11) is 1.56. The third kappa shape index (κ3) is 2.46. The van der Waals surface area contributed by atoms with Crippen LogP contribution in [0.4, 0.5) is 17.3 Å². The summed E-state index contributed by atoms with van der Waals surface area (Å²) < 4.78 is 10.4. The van der Waals surface area contributed by atoms with Crippen LogP contribution in [0.5, 0.6) is 5.75 Å². The molecule has 112 valence electrons. The van der Waals surface area contributed by atoms with E-state index in [0.717, 1.165) is 0 Å². The second-order valence-electron chi connectivity index (χ2n) is 4.64. The van der Waals surface area contributed by atoms with Gasteiger partial charge in [-0.25, -0.2) is 4.79 Å². The molecule has 2 aromatic carbocycles. The Morgan fingerprint density at radius 3 is 2.64 bits per heavy atom. The second-order valence-corrected chi connectivity index (χ2v) is 5.08. The third-order valence-electron chi connectivity index (χ3n) is 3.29. The van der Waals surface area contributed by atoms with Gasteiger partial charge in [0, 0.05) is 10.4 Å². The van der Waals surface area contributed by atoms with Gasteiger partial charge in [0.15, 0.2) is 0 Å². The number of ether oxygens (including phenoxy) is 1. The summed E-state index contributed by atoms with van der Waals surface area (Å²) in [5.74, 6) is 0.602. The molecule has 0 fully saturated rings. The molecule has 6 heteroatoms. The summed E-state index contributed by atoms with van der Waals surface area (Å²) in [4.78, 5) is 11.9. The molecule has 1 aromatic heterocycles. The average molecular weight is 317 g/mol. The van der Waals surface area contributed by atoms with Gasteiger partial charge in [-0.3, -0.25) is 0 Å². The lowest BCUT2D eigenvalue weighted by atomic mass is 10.1. The van der Waals surface area contributed by atoms with Crippen LogP contribution in [0.1, 0.15) is 0 Å². The van der Waals surface area contributed by atoms with Crippen molar-refractivity contribution in [3.63, 3.8) is 0 Å². The van der Waals surface area contributed by atoms with Crippen LogP contribution in [0.2, 0.25) is 5.02 Å². The van der Waals surface area contributed by atoms with Gasteiger partial charge >= 0.3 is 5.63 Å². The molecule has 3 aromatic rings. The highest BCUT2D eigenvalue weighted by Gasteiger charge is 2.13. The lowest BCUT2D eigenvalue weighted by molar-refractivity contribution is 0.417. The number of hydrogen-bond donors (Lipinski definition) is 2. The molecule has 0 amide bonds. The fourth-order valence-electron chi connectivity index (χ4n) is 2.26. The van der Waals surface area contributed by atoms with Crippen LogP contribution in [-0.4, -0.2) is 7.11 Å². The topological polar surface area (TPSA) is 77.5 Å². The smallest absolute Gasteiger partial charge is 0.345 e. The van der Waals surface area contributed by atoms with Gasteiger partial charge in [0.1, 0.15) is 11.4 Å². The van der Waals surface area contributed by atoms with E-state index in [4.69, 9.17) is 26.5 Å². The normalized spacial score (nSPS) is 10.6. The highest BCUT2D eigenvalue weighted by atomic mass is 35.5. The van der Waals surface area contributed by atoms with E-state index in [1.165, 1.54) is 0 Å². The van der Waals surface area contributed by atoms with E-state index < -0.39 is 5.63 Å². The zero-order chi connectivity index (χ0) is 15.7. The van der Waals surface area contributed by atoms with E-state index >= 15 is 0 Å². The Hall–Kier alpha value is -2.66. The first-order valence-corrected chi connectivity index (χ1v) is 6.90. The Labute approximate surface area is 131 Å². The molecule has 5 nitrogen and oxygen atoms in total. The molecule has 0 unspecified atom stereocenters. The van der Waals surface area contributed by atoms with Gasteiger partial charge in [0.2, 0.25) is 5.88 Å². The van der Waals surface area contributed by atoms with E-state index in [9.17, 15) is 4.79 Å². The van der Waals surface area contributed by atoms with Crippen molar-refractivity contribution in [2.24, 2.45) is 0 Å². The van der Waals surface area contributed by atoms with Crippen molar-refractivity contribution in [2.75, 3.05) is 18.2 Å². The Balaban J connectivity index is 2.20. The molecular formula is C16H13ClN2O3. The molecule has 0 saturated heterocycles. The van der Waals surface area contributed by atoms with Gasteiger partial charge < -0.3 is 20.2 Å². The second kappa shape index (κ2) is 5.61. The fraction of sp³-hybridized carbons (Fsp3) is 0.0625. The maximum atomic E-state index is 11.9. The molecule has 0 radical (unpaired) electrons. The summed E-state index contributed by atoms with van der Waals surface area (Å²) in [6, 6.07) is 12.2. The van der Waals surface area contributed by atoms with Crippen molar-refractivity contribution in [3.8, 4) is 5.75 Å². The number of nitrogen functional groups attached to an aromatic ring is 1. The van der Waals surface area contributed by atoms with Crippen molar-refractivity contribution in [3.05, 3.63) is 57.9 Å². The van der Waals surface area contributed by atoms with Crippen LogP contribution in [-0.2, 0) is 0 Å². The quantitative estimate of drug-likeness (QED) is 0.769. The Bertz CT molecular complexity index is 906. The summed E-state index contributed by atoms with van der Waals surface area (Å²) in [5, 5.41) is 4.79. The zero-order valence-corrected chi connectivity index (χ0v) is 12.5. The lowest BCUT2D eigenvalue weighted by Crippen LogP contribution is -2.06. The zero-order valence-electron chi connectivity index (χ0n) is 11.7. The maximum Gasteiger partial charge on any atom is 0.345 e. The summed E-state index contributed by atoms with van der Waals surface area (Å²) in [5.41, 5.74) is 6.51. The van der Waals surface area contributed by atoms with Crippen LogP contribution in [0.25, 0.3) is 10.8 Å². The van der Waals surface area contributed by atoms with Gasteiger partial charge in [-0.05, 0) is 24.3 Å². The highest BCUT2D eigenvalue weighted by Crippen LogP contribution is 2.35. The van der Waals surface area contributed by atoms with Crippen LogP contribution in [0.15, 0.2) is 51.7 Å². The highest BCUT2D eigenvalue weighted by molar-refractivity contribution is 6.31. The van der Waals surface area contributed by atoms with Crippen LogP contribution < -0.4 is 21.4 Å². The standard InChI is InChI=1S/C16H13ClN2O3/c1-21-13-7-6-9(17)8-12(13)19-14-10-4-2-3-5-11(10)16(20)22-15(14)18/h2-8,19H,18H2,1H3. The van der Waals surface area contributed by atoms with Gasteiger partial charge in [-0.2, -0.15) is 0 Å². The number of methoxy groups -OCH3 is 1. The van der Waals surface area contributed by atoms with Crippen LogP contribution >= 0.6 is 11.6 Å². The number of anilines is 3. The lowest BCUT2D eigenvalue weighted by Gasteiger charge is -2.14. The van der Waals surface area contributed by atoms with Gasteiger partial charge in [0.25, 0.3) is 0 Å². The number of benzene rings is 2. The van der Waals surface area contributed by atoms with Crippen molar-refractivity contribution in [1.82, 2.24) is 0 Å². The Kier molecular flexibility index (Phi) is 3.65. The summed E-state index contributed by atoms with van der Waals surface area (Å²) >= 11 is 6.02. The van der Waals surface area contributed by atoms with Gasteiger partial charge in [-0.1, -0.05) is 29.8 Å². The van der Waals surface area contributed by atoms with E-state index in [1.54, 1.807) is 43.5 Å². The Morgan fingerprint density at radius 1 is 1.18 bits per heavy atom. The molecule has 0 aliphatic carbocycles. The van der Waals surface area contributed by atoms with Crippen LogP contribution in [0.3, 0.4) is 0 Å². The first-order chi connectivity index (χ1) is 10.6. The molecule has 3 N–H and O–H groups in total. The minimum atomic E-state index is -0.475. The van der Waals surface area contributed by atoms with Gasteiger partial charge in [-0.15, -0.1) is 0 Å². The predicted molar refractivity (Wildman–Crippen MR) is 88.2 cm³/mol. The SMILES string of the molecule is COc1ccc(Cl)cc1Nc1c(N)oc(=O)c2ccccc12. The van der Waals surface area contributed by atoms with Crippen molar-refractivity contribution < 1.29 is 9.15 Å². The first-order valence-electron chi connectivity index (χ1n) is 6.52. The van der Waals surface area contributed by atoms with E-state index in [1.807, 2.05) is 6.07 Å². The number of halogens is 1. The van der Waals surface area contributed by atoms with Gasteiger partial charge in [0.05, 0.1) is 18.2 Å². The molecular weight excluding hydrogens is 304 g/mol. The van der Waals surface area contributed by atoms with Crippen LogP contribution in [0, 0.1) is 0 Å². The average Bonchev–Trinajstić information content (AvgIpc) is 2.51. The first kappa shape index (κ1) is 14.3. The van der Waals surface area contributed by atoms with E-state index in [0.29, 0.717) is 32.9 Å². The molecule has 1 heterocycles. The van der Waals surface area contributed by atoms with Crippen molar-refractivity contribution in [2.45, 2.75) is 0 Å². The molecule has 0 bridgehead atoms. The summed E-state index contributed by atoms with van der Waals surface area (Å²) in [6.07, 6.45) is 0. The predicted octanol–water partition coefficient (Wildman–Crippen LogP) is 3.78. The minimum absolute atomic E-state index is 0.00530. The van der Waals surface area contributed by atoms with Crippen molar-refractivity contribution in [1.29, 1.82) is 0 Å². The largest absolute Gasteiger partial charge is 0.495 e. The number of rotatable bonds is 3. The molecule has 0 saturated carbocycles. The third-order valence-corrected chi connectivity index (χ3v) is 3.52.